The zero-order valence-corrected chi connectivity index (χ0v) is 30.6. The number of ether oxygens (including phenoxy) is 2. The van der Waals surface area contributed by atoms with Gasteiger partial charge in [0, 0.05) is 16.5 Å². The van der Waals surface area contributed by atoms with Crippen molar-refractivity contribution in [2.75, 3.05) is 0 Å². The predicted molar refractivity (Wildman–Crippen MR) is 219 cm³/mol. The molecule has 3 heteroatoms. The number of hydrogen-bond donors (Lipinski definition) is 0. The van der Waals surface area contributed by atoms with Crippen molar-refractivity contribution in [3.05, 3.63) is 214 Å². The maximum Gasteiger partial charge on any atom is 0.193 e. The average Bonchev–Trinajstić information content (AvgIpc) is 3.18. The van der Waals surface area contributed by atoms with Crippen LogP contribution in [-0.2, 0) is 6.42 Å². The van der Waals surface area contributed by atoms with Gasteiger partial charge in [-0.1, -0.05) is 132 Å². The van der Waals surface area contributed by atoms with E-state index >= 15 is 0 Å². The molecular weight excluding hydrogens is 649 g/mol. The maximum absolute atomic E-state index is 12.6. The van der Waals surface area contributed by atoms with Gasteiger partial charge in [0.05, 0.1) is 0 Å². The summed E-state index contributed by atoms with van der Waals surface area (Å²) in [6, 6.07) is 57.0. The Labute approximate surface area is 312 Å². The highest BCUT2D eigenvalue weighted by Crippen LogP contribution is 2.32. The molecule has 0 fully saturated rings. The molecule has 0 unspecified atom stereocenters. The van der Waals surface area contributed by atoms with Crippen LogP contribution in [0.2, 0.25) is 0 Å². The summed E-state index contributed by atoms with van der Waals surface area (Å²) in [5, 5.41) is 4.72. The van der Waals surface area contributed by atoms with Crippen molar-refractivity contribution in [1.82, 2.24) is 0 Å². The second-order valence-electron chi connectivity index (χ2n) is 13.7. The molecule has 0 aromatic heterocycles. The number of benzene rings is 8. The molecule has 0 aliphatic carbocycles. The molecule has 0 saturated heterocycles. The molecule has 260 valence electrons. The van der Waals surface area contributed by atoms with E-state index in [9.17, 15) is 4.79 Å². The fourth-order valence-corrected chi connectivity index (χ4v) is 6.34. The van der Waals surface area contributed by atoms with Crippen LogP contribution in [0, 0.1) is 27.7 Å². The van der Waals surface area contributed by atoms with Crippen molar-refractivity contribution < 1.29 is 14.3 Å². The topological polar surface area (TPSA) is 35.5 Å². The highest BCUT2D eigenvalue weighted by molar-refractivity contribution is 6.09. The van der Waals surface area contributed by atoms with Gasteiger partial charge in [0.15, 0.2) is 5.78 Å². The third-order valence-corrected chi connectivity index (χ3v) is 9.42. The van der Waals surface area contributed by atoms with Crippen molar-refractivity contribution >= 4 is 27.3 Å². The number of carbonyl (C=O) groups is 1. The lowest BCUT2D eigenvalue weighted by atomic mass is 10.0. The van der Waals surface area contributed by atoms with Crippen molar-refractivity contribution in [2.45, 2.75) is 34.1 Å². The van der Waals surface area contributed by atoms with Gasteiger partial charge in [0.25, 0.3) is 0 Å². The Bertz CT molecular complexity index is 2490. The number of hydrogen-bond acceptors (Lipinski definition) is 3. The van der Waals surface area contributed by atoms with Crippen molar-refractivity contribution in [3.8, 4) is 23.0 Å². The van der Waals surface area contributed by atoms with Crippen molar-refractivity contribution in [1.29, 1.82) is 0 Å². The summed E-state index contributed by atoms with van der Waals surface area (Å²) in [4.78, 5) is 12.6. The number of aryl methyl sites for hydroxylation is 4. The molecule has 0 N–H and O–H groups in total. The molecule has 0 aliphatic rings. The lowest BCUT2D eigenvalue weighted by Gasteiger charge is -2.11. The first-order valence-electron chi connectivity index (χ1n) is 18.0. The molecule has 0 bridgehead atoms. The van der Waals surface area contributed by atoms with Gasteiger partial charge in [0.1, 0.15) is 23.0 Å². The Morgan fingerprint density at radius 1 is 0.434 bits per heavy atom. The zero-order valence-electron chi connectivity index (χ0n) is 30.6. The van der Waals surface area contributed by atoms with Crippen LogP contribution in [0.25, 0.3) is 21.5 Å². The van der Waals surface area contributed by atoms with Crippen LogP contribution >= 0.6 is 0 Å². The Morgan fingerprint density at radius 3 is 1.60 bits per heavy atom. The van der Waals surface area contributed by atoms with Crippen LogP contribution in [0.15, 0.2) is 170 Å². The Kier molecular flexibility index (Phi) is 10.5. The van der Waals surface area contributed by atoms with Gasteiger partial charge >= 0.3 is 0 Å². The van der Waals surface area contributed by atoms with Gasteiger partial charge in [-0.15, -0.1) is 0 Å². The quantitative estimate of drug-likeness (QED) is 0.149. The summed E-state index contributed by atoms with van der Waals surface area (Å²) in [7, 11) is 0. The average molecular weight is 691 g/mol. The van der Waals surface area contributed by atoms with Crippen LogP contribution in [0.1, 0.15) is 49.3 Å². The van der Waals surface area contributed by atoms with Crippen LogP contribution < -0.4 is 9.47 Å². The molecule has 0 saturated carbocycles. The third-order valence-electron chi connectivity index (χ3n) is 9.42. The van der Waals surface area contributed by atoms with E-state index in [2.05, 4.69) is 130 Å². The normalized spacial score (nSPS) is 10.8. The minimum atomic E-state index is 0.0163. The van der Waals surface area contributed by atoms with E-state index in [0.717, 1.165) is 40.0 Å². The second kappa shape index (κ2) is 15.8. The first-order chi connectivity index (χ1) is 25.8. The number of carbonyl (C=O) groups excluding carboxylic acids is 1. The summed E-state index contributed by atoms with van der Waals surface area (Å²) < 4.78 is 12.1. The molecular formula is C50H42O3. The first-order valence-corrected chi connectivity index (χ1v) is 18.0. The zero-order chi connectivity index (χ0) is 36.7. The van der Waals surface area contributed by atoms with E-state index in [1.165, 1.54) is 38.6 Å². The Hall–Kier alpha value is -6.45. The Balaban J connectivity index is 0.000000164. The SMILES string of the molecule is Cc1ccc(C(=O)c2ccc(Oc3ccc4cc(C)ccc4c3)cc2)cc1.Cc1ccc(Cc2ccc(Oc3ccc(C)c4ccccc34)cc2)cc1. The summed E-state index contributed by atoms with van der Waals surface area (Å²) in [5.74, 6) is 3.28. The lowest BCUT2D eigenvalue weighted by Crippen LogP contribution is -2.00. The maximum atomic E-state index is 12.6. The van der Waals surface area contributed by atoms with E-state index < -0.39 is 0 Å². The molecule has 8 aromatic carbocycles. The van der Waals surface area contributed by atoms with E-state index in [4.69, 9.17) is 9.47 Å². The number of ketones is 1. The van der Waals surface area contributed by atoms with Gasteiger partial charge in [-0.3, -0.25) is 4.79 Å². The van der Waals surface area contributed by atoms with Gasteiger partial charge in [-0.2, -0.15) is 0 Å². The molecule has 0 atom stereocenters. The smallest absolute Gasteiger partial charge is 0.193 e. The largest absolute Gasteiger partial charge is 0.457 e. The third kappa shape index (κ3) is 8.72. The summed E-state index contributed by atoms with van der Waals surface area (Å²) in [6.45, 7) is 8.34. The molecule has 0 heterocycles. The van der Waals surface area contributed by atoms with Gasteiger partial charge in [0.2, 0.25) is 0 Å². The molecule has 3 nitrogen and oxygen atoms in total. The molecule has 0 amide bonds. The fourth-order valence-electron chi connectivity index (χ4n) is 6.34. The highest BCUT2D eigenvalue weighted by atomic mass is 16.5. The second-order valence-corrected chi connectivity index (χ2v) is 13.7. The first kappa shape index (κ1) is 35.0. The molecule has 0 aliphatic heterocycles. The van der Waals surface area contributed by atoms with Crippen LogP contribution in [0.3, 0.4) is 0 Å². The highest BCUT2D eigenvalue weighted by Gasteiger charge is 2.10. The van der Waals surface area contributed by atoms with E-state index in [1.807, 2.05) is 67.6 Å². The molecule has 8 aromatic rings. The van der Waals surface area contributed by atoms with Gasteiger partial charge in [-0.25, -0.2) is 0 Å². The molecule has 53 heavy (non-hydrogen) atoms. The Morgan fingerprint density at radius 2 is 0.925 bits per heavy atom. The van der Waals surface area contributed by atoms with E-state index in [-0.39, 0.29) is 5.78 Å². The van der Waals surface area contributed by atoms with Crippen LogP contribution in [0.4, 0.5) is 0 Å². The van der Waals surface area contributed by atoms with Crippen LogP contribution in [0.5, 0.6) is 23.0 Å². The van der Waals surface area contributed by atoms with Gasteiger partial charge in [-0.05, 0) is 122 Å². The molecule has 0 radical (unpaired) electrons. The lowest BCUT2D eigenvalue weighted by molar-refractivity contribution is 0.103. The summed E-state index contributed by atoms with van der Waals surface area (Å²) in [6.07, 6.45) is 0.939. The predicted octanol–water partition coefficient (Wildman–Crippen LogP) is 13.3. The van der Waals surface area contributed by atoms with Gasteiger partial charge < -0.3 is 9.47 Å². The standard InChI is InChI=1S/C25H20O2.C25H22O/c1-17-3-6-19(7-4-17)25(26)20-9-12-23(13-10-20)27-24-14-11-21-15-18(2)5-8-22(21)16-24;1-18-7-10-20(11-8-18)17-21-12-14-22(15-13-21)26-25-16-9-19(2)23-5-3-4-6-24(23)25/h3-16H,1-2H3;3-16H,17H2,1-2H3. The number of fused-ring (bicyclic) bond motifs is 2. The number of rotatable bonds is 8. The summed E-state index contributed by atoms with van der Waals surface area (Å²) in [5.41, 5.74) is 8.90. The van der Waals surface area contributed by atoms with E-state index in [1.54, 1.807) is 0 Å². The summed E-state index contributed by atoms with van der Waals surface area (Å²) >= 11 is 0. The van der Waals surface area contributed by atoms with Crippen molar-refractivity contribution in [2.24, 2.45) is 0 Å². The molecule has 8 rings (SSSR count). The fraction of sp³-hybridized carbons (Fsp3) is 0.100. The monoisotopic (exact) mass is 690 g/mol. The van der Waals surface area contributed by atoms with Crippen LogP contribution in [-0.4, -0.2) is 5.78 Å². The van der Waals surface area contributed by atoms with Crippen molar-refractivity contribution in [3.63, 3.8) is 0 Å². The minimum absolute atomic E-state index is 0.0163. The van der Waals surface area contributed by atoms with E-state index in [0.29, 0.717) is 16.9 Å². The molecule has 0 spiro atoms. The minimum Gasteiger partial charge on any atom is -0.457 e.